The Bertz CT molecular complexity index is 1010. The molecule has 7 nitrogen and oxygen atoms in total. The first-order chi connectivity index (χ1) is 14.0. The number of ether oxygens (including phenoxy) is 3. The first-order valence-electron chi connectivity index (χ1n) is 8.94. The molecular formula is C22H20N2O5. The lowest BCUT2D eigenvalue weighted by Crippen LogP contribution is -2.29. The molecule has 148 valence electrons. The van der Waals surface area contributed by atoms with Crippen LogP contribution < -0.4 is 19.1 Å². The van der Waals surface area contributed by atoms with E-state index in [1.807, 2.05) is 30.3 Å². The summed E-state index contributed by atoms with van der Waals surface area (Å²) >= 11 is 0. The number of para-hydroxylation sites is 1. The Kier molecular flexibility index (Phi) is 5.84. The summed E-state index contributed by atoms with van der Waals surface area (Å²) in [6.45, 7) is 1.79. The number of hydrogen-bond donors (Lipinski definition) is 0. The van der Waals surface area contributed by atoms with Gasteiger partial charge in [-0.2, -0.15) is 5.26 Å². The number of carbonyl (C=O) groups is 2. The normalized spacial score (nSPS) is 12.8. The van der Waals surface area contributed by atoms with E-state index in [9.17, 15) is 14.9 Å². The lowest BCUT2D eigenvalue weighted by atomic mass is 10.1. The fraction of sp³-hybridized carbons (Fsp3) is 0.227. The summed E-state index contributed by atoms with van der Waals surface area (Å²) in [5.41, 5.74) is 2.38. The van der Waals surface area contributed by atoms with Crippen molar-refractivity contribution in [1.82, 2.24) is 0 Å². The number of amides is 1. The van der Waals surface area contributed by atoms with Crippen LogP contribution in [0.25, 0.3) is 6.08 Å². The van der Waals surface area contributed by atoms with E-state index in [0.29, 0.717) is 12.1 Å². The summed E-state index contributed by atoms with van der Waals surface area (Å²) in [6.07, 6.45) is 2.21. The first kappa shape index (κ1) is 20.0. The van der Waals surface area contributed by atoms with Gasteiger partial charge in [0.1, 0.15) is 11.6 Å². The van der Waals surface area contributed by atoms with Crippen LogP contribution in [0.4, 0.5) is 5.69 Å². The highest BCUT2D eigenvalue weighted by Gasteiger charge is 2.27. The van der Waals surface area contributed by atoms with Crippen molar-refractivity contribution >= 4 is 23.6 Å². The van der Waals surface area contributed by atoms with Gasteiger partial charge in [-0.1, -0.05) is 18.2 Å². The monoisotopic (exact) mass is 392 g/mol. The topological polar surface area (TPSA) is 88.9 Å². The zero-order valence-electron chi connectivity index (χ0n) is 16.4. The molecule has 0 saturated heterocycles. The average molecular weight is 392 g/mol. The summed E-state index contributed by atoms with van der Waals surface area (Å²) in [5, 5.41) is 9.59. The van der Waals surface area contributed by atoms with E-state index < -0.39 is 5.97 Å². The highest BCUT2D eigenvalue weighted by Crippen LogP contribution is 2.39. The maximum Gasteiger partial charge on any atom is 0.308 e. The van der Waals surface area contributed by atoms with E-state index in [1.165, 1.54) is 27.2 Å². The minimum atomic E-state index is -0.523. The first-order valence-corrected chi connectivity index (χ1v) is 8.94. The molecule has 1 aliphatic heterocycles. The summed E-state index contributed by atoms with van der Waals surface area (Å²) < 4.78 is 15.7. The Hall–Kier alpha value is -3.79. The number of nitrogens with zero attached hydrogens (tertiary/aromatic N) is 2. The van der Waals surface area contributed by atoms with Crippen molar-refractivity contribution in [2.24, 2.45) is 0 Å². The predicted molar refractivity (Wildman–Crippen MR) is 107 cm³/mol. The molecule has 1 aliphatic rings. The molecule has 0 aromatic heterocycles. The highest BCUT2D eigenvalue weighted by atomic mass is 16.6. The van der Waals surface area contributed by atoms with Crippen molar-refractivity contribution in [1.29, 1.82) is 5.26 Å². The van der Waals surface area contributed by atoms with Gasteiger partial charge in [-0.3, -0.25) is 9.59 Å². The Morgan fingerprint density at radius 2 is 1.79 bits per heavy atom. The fourth-order valence-corrected chi connectivity index (χ4v) is 3.23. The van der Waals surface area contributed by atoms with Crippen molar-refractivity contribution in [3.63, 3.8) is 0 Å². The van der Waals surface area contributed by atoms with Gasteiger partial charge in [-0.15, -0.1) is 0 Å². The second-order valence-corrected chi connectivity index (χ2v) is 6.35. The largest absolute Gasteiger partial charge is 0.493 e. The van der Waals surface area contributed by atoms with Gasteiger partial charge in [0.05, 0.1) is 14.2 Å². The highest BCUT2D eigenvalue weighted by molar-refractivity contribution is 6.12. The molecule has 0 N–H and O–H groups in total. The minimum absolute atomic E-state index is 0.0222. The van der Waals surface area contributed by atoms with Crippen LogP contribution in [-0.2, 0) is 16.0 Å². The molecule has 0 unspecified atom stereocenters. The van der Waals surface area contributed by atoms with E-state index in [4.69, 9.17) is 14.2 Å². The number of carbonyl (C=O) groups excluding carboxylic acids is 2. The SMILES string of the molecule is COc1cc(C=C(C#N)C(=O)N2CCc3ccccc32)cc(OC)c1OC(C)=O. The molecule has 7 heteroatoms. The fourth-order valence-electron chi connectivity index (χ4n) is 3.23. The maximum absolute atomic E-state index is 13.0. The summed E-state index contributed by atoms with van der Waals surface area (Å²) in [5.74, 6) is -0.257. The van der Waals surface area contributed by atoms with Crippen molar-refractivity contribution < 1.29 is 23.8 Å². The van der Waals surface area contributed by atoms with Gasteiger partial charge in [0.25, 0.3) is 5.91 Å². The third-order valence-electron chi connectivity index (χ3n) is 4.52. The number of benzene rings is 2. The Labute approximate surface area is 168 Å². The van der Waals surface area contributed by atoms with Crippen LogP contribution in [0, 0.1) is 11.3 Å². The van der Waals surface area contributed by atoms with Crippen molar-refractivity contribution in [2.45, 2.75) is 13.3 Å². The number of fused-ring (bicyclic) bond motifs is 1. The molecule has 0 atom stereocenters. The quantitative estimate of drug-likeness (QED) is 0.336. The van der Waals surface area contributed by atoms with Crippen molar-refractivity contribution in [3.05, 3.63) is 53.1 Å². The molecule has 1 heterocycles. The molecule has 0 radical (unpaired) electrons. The molecule has 0 bridgehead atoms. The van der Waals surface area contributed by atoms with Gasteiger partial charge in [0.2, 0.25) is 5.75 Å². The standard InChI is InChI=1S/C22H20N2O5/c1-14(25)29-21-19(27-2)11-15(12-20(21)28-3)10-17(13-23)22(26)24-9-8-16-6-4-5-7-18(16)24/h4-7,10-12H,8-9H2,1-3H3. The number of hydrogen-bond acceptors (Lipinski definition) is 6. The molecule has 2 aromatic rings. The van der Waals surface area contributed by atoms with Gasteiger partial charge in [0, 0.05) is 19.2 Å². The van der Waals surface area contributed by atoms with Gasteiger partial charge in [-0.05, 0) is 41.8 Å². The van der Waals surface area contributed by atoms with Crippen LogP contribution in [0.1, 0.15) is 18.1 Å². The molecular weight excluding hydrogens is 372 g/mol. The summed E-state index contributed by atoms with van der Waals surface area (Å²) in [4.78, 5) is 25.9. The van der Waals surface area contributed by atoms with Crippen molar-refractivity contribution in [3.8, 4) is 23.3 Å². The molecule has 2 aromatic carbocycles. The molecule has 0 fully saturated rings. The van der Waals surface area contributed by atoms with E-state index in [2.05, 4.69) is 0 Å². The summed E-state index contributed by atoms with van der Waals surface area (Å²) in [7, 11) is 2.85. The Morgan fingerprint density at radius 1 is 1.14 bits per heavy atom. The number of esters is 1. The number of anilines is 1. The second-order valence-electron chi connectivity index (χ2n) is 6.35. The maximum atomic E-state index is 13.0. The zero-order valence-corrected chi connectivity index (χ0v) is 16.4. The Balaban J connectivity index is 1.98. The van der Waals surface area contributed by atoms with Crippen LogP contribution in [0.3, 0.4) is 0 Å². The Morgan fingerprint density at radius 3 is 2.38 bits per heavy atom. The number of methoxy groups -OCH3 is 2. The lowest BCUT2D eigenvalue weighted by molar-refractivity contribution is -0.132. The zero-order chi connectivity index (χ0) is 21.0. The van der Waals surface area contributed by atoms with E-state index in [1.54, 1.807) is 17.0 Å². The minimum Gasteiger partial charge on any atom is -0.493 e. The third-order valence-corrected chi connectivity index (χ3v) is 4.52. The molecule has 3 rings (SSSR count). The third kappa shape index (κ3) is 4.06. The van der Waals surface area contributed by atoms with Crippen LogP contribution in [-0.4, -0.2) is 32.6 Å². The van der Waals surface area contributed by atoms with Crippen LogP contribution in [0.2, 0.25) is 0 Å². The van der Waals surface area contributed by atoms with Crippen LogP contribution in [0.5, 0.6) is 17.2 Å². The summed E-state index contributed by atoms with van der Waals surface area (Å²) in [6, 6.07) is 12.8. The number of nitriles is 1. The molecule has 0 spiro atoms. The van der Waals surface area contributed by atoms with Crippen molar-refractivity contribution in [2.75, 3.05) is 25.7 Å². The number of rotatable bonds is 5. The van der Waals surface area contributed by atoms with E-state index in [0.717, 1.165) is 17.7 Å². The molecule has 29 heavy (non-hydrogen) atoms. The molecule has 0 aliphatic carbocycles. The van der Waals surface area contributed by atoms with Crippen LogP contribution >= 0.6 is 0 Å². The van der Waals surface area contributed by atoms with E-state index in [-0.39, 0.29) is 28.7 Å². The average Bonchev–Trinajstić information content (AvgIpc) is 3.15. The van der Waals surface area contributed by atoms with Gasteiger partial charge in [-0.25, -0.2) is 0 Å². The lowest BCUT2D eigenvalue weighted by Gasteiger charge is -2.17. The van der Waals surface area contributed by atoms with Gasteiger partial charge >= 0.3 is 5.97 Å². The molecule has 0 saturated carbocycles. The van der Waals surface area contributed by atoms with Gasteiger partial charge in [0.15, 0.2) is 11.5 Å². The second kappa shape index (κ2) is 8.48. The van der Waals surface area contributed by atoms with E-state index >= 15 is 0 Å². The smallest absolute Gasteiger partial charge is 0.308 e. The predicted octanol–water partition coefficient (Wildman–Crippen LogP) is 3.13. The van der Waals surface area contributed by atoms with Crippen LogP contribution in [0.15, 0.2) is 42.0 Å². The van der Waals surface area contributed by atoms with Gasteiger partial charge < -0.3 is 19.1 Å². The molecule has 1 amide bonds.